The molecule has 0 atom stereocenters. The number of benzene rings is 1. The lowest BCUT2D eigenvalue weighted by molar-refractivity contribution is -0.137. The first-order valence-electron chi connectivity index (χ1n) is 6.10. The second kappa shape index (κ2) is 7.48. The molecule has 0 aliphatic carbocycles. The fraction of sp³-hybridized carbons (Fsp3) is 0.429. The molecule has 0 aliphatic heterocycles. The zero-order valence-electron chi connectivity index (χ0n) is 10.3. The lowest BCUT2D eigenvalue weighted by Gasteiger charge is -2.07. The summed E-state index contributed by atoms with van der Waals surface area (Å²) in [4.78, 5) is 21.0. The Labute approximate surface area is 106 Å². The maximum Gasteiger partial charge on any atom is 0.307 e. The van der Waals surface area contributed by atoms with E-state index in [0.717, 1.165) is 30.4 Å². The molecule has 0 heterocycles. The topological polar surface area (TPSA) is 74.6 Å². The maximum absolute atomic E-state index is 10.7. The molecule has 0 unspecified atom stereocenters. The molecule has 4 nitrogen and oxygen atoms in total. The molecule has 1 aromatic carbocycles. The summed E-state index contributed by atoms with van der Waals surface area (Å²) in [5, 5.41) is 17.3. The highest BCUT2D eigenvalue weighted by atomic mass is 16.4. The summed E-state index contributed by atoms with van der Waals surface area (Å²) < 4.78 is 0. The van der Waals surface area contributed by atoms with Gasteiger partial charge in [0.1, 0.15) is 0 Å². The van der Waals surface area contributed by atoms with Crippen LogP contribution >= 0.6 is 0 Å². The summed E-state index contributed by atoms with van der Waals surface area (Å²) in [7, 11) is 0. The van der Waals surface area contributed by atoms with Crippen molar-refractivity contribution in [2.75, 3.05) is 0 Å². The van der Waals surface area contributed by atoms with Crippen molar-refractivity contribution in [2.24, 2.45) is 0 Å². The van der Waals surface area contributed by atoms with E-state index in [1.54, 1.807) is 0 Å². The molecule has 0 aromatic heterocycles. The predicted molar refractivity (Wildman–Crippen MR) is 67.6 cm³/mol. The Morgan fingerprint density at radius 2 is 1.56 bits per heavy atom. The summed E-state index contributed by atoms with van der Waals surface area (Å²) >= 11 is 0. The first-order valence-corrected chi connectivity index (χ1v) is 6.10. The van der Waals surface area contributed by atoms with Gasteiger partial charge in [-0.3, -0.25) is 9.59 Å². The Kier molecular flexibility index (Phi) is 5.91. The van der Waals surface area contributed by atoms with Crippen LogP contribution in [0.3, 0.4) is 0 Å². The number of aryl methyl sites for hydroxylation is 1. The van der Waals surface area contributed by atoms with Gasteiger partial charge in [0.2, 0.25) is 0 Å². The number of aliphatic carboxylic acids is 2. The van der Waals surface area contributed by atoms with Crippen molar-refractivity contribution in [3.63, 3.8) is 0 Å². The average molecular weight is 250 g/mol. The summed E-state index contributed by atoms with van der Waals surface area (Å²) in [6.07, 6.45) is 3.49. The first-order chi connectivity index (χ1) is 8.59. The van der Waals surface area contributed by atoms with Gasteiger partial charge >= 0.3 is 11.9 Å². The highest BCUT2D eigenvalue weighted by Crippen LogP contribution is 2.14. The van der Waals surface area contributed by atoms with Gasteiger partial charge in [0.15, 0.2) is 0 Å². The van der Waals surface area contributed by atoms with Crippen LogP contribution in [0.25, 0.3) is 0 Å². The quantitative estimate of drug-likeness (QED) is 0.695. The van der Waals surface area contributed by atoms with Crippen LogP contribution in [0.5, 0.6) is 0 Å². The predicted octanol–water partition coefficient (Wildman–Crippen LogP) is 2.50. The number of hydrogen-bond acceptors (Lipinski definition) is 2. The van der Waals surface area contributed by atoms with Crippen molar-refractivity contribution < 1.29 is 19.8 Å². The number of carboxylic acid groups (broad SMARTS) is 2. The normalized spacial score (nSPS) is 10.2. The van der Waals surface area contributed by atoms with E-state index in [1.165, 1.54) is 0 Å². The maximum atomic E-state index is 10.7. The molecule has 98 valence electrons. The minimum atomic E-state index is -0.826. The average Bonchev–Trinajstić information content (AvgIpc) is 2.29. The zero-order valence-corrected chi connectivity index (χ0v) is 10.3. The van der Waals surface area contributed by atoms with Crippen molar-refractivity contribution in [3.05, 3.63) is 35.4 Å². The standard InChI is InChI=1S/C14H18O4/c15-13(16)9-3-1-2-6-11-7-4-5-8-12(11)10-14(17)18/h4-5,7-8H,1-3,6,9-10H2,(H,15,16)(H,17,18). The molecule has 0 fully saturated rings. The fourth-order valence-corrected chi connectivity index (χ4v) is 1.91. The van der Waals surface area contributed by atoms with E-state index in [4.69, 9.17) is 10.2 Å². The third kappa shape index (κ3) is 5.48. The molecule has 4 heteroatoms. The van der Waals surface area contributed by atoms with E-state index in [9.17, 15) is 9.59 Å². The lowest BCUT2D eigenvalue weighted by atomic mass is 9.99. The smallest absolute Gasteiger partial charge is 0.307 e. The van der Waals surface area contributed by atoms with Gasteiger partial charge in [0.05, 0.1) is 6.42 Å². The van der Waals surface area contributed by atoms with Gasteiger partial charge in [-0.05, 0) is 30.4 Å². The van der Waals surface area contributed by atoms with Gasteiger partial charge < -0.3 is 10.2 Å². The summed E-state index contributed by atoms with van der Waals surface area (Å²) in [6.45, 7) is 0. The van der Waals surface area contributed by atoms with Crippen molar-refractivity contribution in [1.29, 1.82) is 0 Å². The summed E-state index contributed by atoms with van der Waals surface area (Å²) in [5.74, 6) is -1.59. The molecule has 1 rings (SSSR count). The fourth-order valence-electron chi connectivity index (χ4n) is 1.91. The van der Waals surface area contributed by atoms with Crippen LogP contribution in [-0.4, -0.2) is 22.2 Å². The molecule has 0 saturated heterocycles. The second-order valence-electron chi connectivity index (χ2n) is 4.29. The molecule has 0 bridgehead atoms. The van der Waals surface area contributed by atoms with Gasteiger partial charge in [0.25, 0.3) is 0 Å². The number of hydrogen-bond donors (Lipinski definition) is 2. The van der Waals surface area contributed by atoms with Crippen LogP contribution in [0.4, 0.5) is 0 Å². The molecule has 18 heavy (non-hydrogen) atoms. The van der Waals surface area contributed by atoms with Gasteiger partial charge in [-0.25, -0.2) is 0 Å². The van der Waals surface area contributed by atoms with E-state index in [0.29, 0.717) is 6.42 Å². The molecule has 0 aliphatic rings. The van der Waals surface area contributed by atoms with Crippen LogP contribution in [-0.2, 0) is 22.4 Å². The number of carboxylic acids is 2. The highest BCUT2D eigenvalue weighted by Gasteiger charge is 2.06. The Hall–Kier alpha value is -1.84. The van der Waals surface area contributed by atoms with E-state index >= 15 is 0 Å². The third-order valence-electron chi connectivity index (χ3n) is 2.80. The van der Waals surface area contributed by atoms with Gasteiger partial charge in [-0.2, -0.15) is 0 Å². The van der Waals surface area contributed by atoms with E-state index in [2.05, 4.69) is 0 Å². The molecule has 0 radical (unpaired) electrons. The first kappa shape index (κ1) is 14.2. The Morgan fingerprint density at radius 3 is 2.17 bits per heavy atom. The number of rotatable bonds is 8. The van der Waals surface area contributed by atoms with Gasteiger partial charge in [-0.1, -0.05) is 30.7 Å². The molecular formula is C14H18O4. The largest absolute Gasteiger partial charge is 0.481 e. The van der Waals surface area contributed by atoms with Crippen molar-refractivity contribution >= 4 is 11.9 Å². The van der Waals surface area contributed by atoms with Crippen molar-refractivity contribution in [2.45, 2.75) is 38.5 Å². The molecule has 0 amide bonds. The van der Waals surface area contributed by atoms with Gasteiger partial charge in [-0.15, -0.1) is 0 Å². The number of unbranched alkanes of at least 4 members (excludes halogenated alkanes) is 2. The summed E-state index contributed by atoms with van der Waals surface area (Å²) in [6, 6.07) is 7.51. The minimum Gasteiger partial charge on any atom is -0.481 e. The van der Waals surface area contributed by atoms with E-state index < -0.39 is 11.9 Å². The van der Waals surface area contributed by atoms with Crippen LogP contribution in [0, 0.1) is 0 Å². The number of carbonyl (C=O) groups is 2. The zero-order chi connectivity index (χ0) is 13.4. The molecule has 2 N–H and O–H groups in total. The molecular weight excluding hydrogens is 232 g/mol. The Morgan fingerprint density at radius 1 is 0.889 bits per heavy atom. The molecule has 0 spiro atoms. The Balaban J connectivity index is 2.41. The van der Waals surface area contributed by atoms with E-state index in [1.807, 2.05) is 24.3 Å². The summed E-state index contributed by atoms with van der Waals surface area (Å²) in [5.41, 5.74) is 1.90. The second-order valence-corrected chi connectivity index (χ2v) is 4.29. The third-order valence-corrected chi connectivity index (χ3v) is 2.80. The van der Waals surface area contributed by atoms with Crippen LogP contribution in [0.1, 0.15) is 36.8 Å². The molecule has 0 saturated carbocycles. The molecule has 1 aromatic rings. The monoisotopic (exact) mass is 250 g/mol. The van der Waals surface area contributed by atoms with Crippen LogP contribution in [0.2, 0.25) is 0 Å². The SMILES string of the molecule is O=C(O)CCCCCc1ccccc1CC(=O)O. The Bertz CT molecular complexity index is 412. The van der Waals surface area contributed by atoms with Crippen molar-refractivity contribution in [3.8, 4) is 0 Å². The van der Waals surface area contributed by atoms with Crippen LogP contribution in [0.15, 0.2) is 24.3 Å². The van der Waals surface area contributed by atoms with Gasteiger partial charge in [0, 0.05) is 6.42 Å². The highest BCUT2D eigenvalue weighted by molar-refractivity contribution is 5.70. The van der Waals surface area contributed by atoms with Crippen LogP contribution < -0.4 is 0 Å². The lowest BCUT2D eigenvalue weighted by Crippen LogP contribution is -2.03. The van der Waals surface area contributed by atoms with Crippen molar-refractivity contribution in [1.82, 2.24) is 0 Å². The minimum absolute atomic E-state index is 0.0469. The van der Waals surface area contributed by atoms with E-state index in [-0.39, 0.29) is 12.8 Å².